The van der Waals surface area contributed by atoms with Crippen molar-refractivity contribution in [1.29, 1.82) is 0 Å². The lowest BCUT2D eigenvalue weighted by molar-refractivity contribution is -0.144. The van der Waals surface area contributed by atoms with Gasteiger partial charge in [-0.05, 0) is 45.1 Å². The fourth-order valence-corrected chi connectivity index (χ4v) is 2.39. The van der Waals surface area contributed by atoms with Gasteiger partial charge in [0.25, 0.3) is 0 Å². The molecule has 1 N–H and O–H groups in total. The molecule has 3 nitrogen and oxygen atoms in total. The fourth-order valence-electron chi connectivity index (χ4n) is 2.39. The van der Waals surface area contributed by atoms with Crippen molar-refractivity contribution in [3.8, 4) is 0 Å². The molecule has 2 unspecified atom stereocenters. The Morgan fingerprint density at radius 3 is 2.54 bits per heavy atom. The van der Waals surface area contributed by atoms with Gasteiger partial charge in [0, 0.05) is 6.04 Å². The van der Waals surface area contributed by atoms with Gasteiger partial charge < -0.3 is 5.11 Å². The van der Waals surface area contributed by atoms with Crippen molar-refractivity contribution in [3.63, 3.8) is 0 Å². The number of nitrogens with zero attached hydrogens (tertiary/aromatic N) is 1. The third kappa shape index (κ3) is 1.70. The summed E-state index contributed by atoms with van der Waals surface area (Å²) in [5, 5.41) is 9.12. The van der Waals surface area contributed by atoms with Gasteiger partial charge in [0.05, 0.1) is 0 Å². The molecule has 0 aromatic rings. The Morgan fingerprint density at radius 2 is 2.15 bits per heavy atom. The van der Waals surface area contributed by atoms with Crippen molar-refractivity contribution in [2.45, 2.75) is 44.7 Å². The molecular formula is C10H17NO2. The SMILES string of the molecule is CC1CCCN1C(C(=O)O)C1CC1. The van der Waals surface area contributed by atoms with Crippen molar-refractivity contribution in [2.75, 3.05) is 6.54 Å². The third-order valence-electron chi connectivity index (χ3n) is 3.28. The Bertz CT molecular complexity index is 213. The summed E-state index contributed by atoms with van der Waals surface area (Å²) >= 11 is 0. The summed E-state index contributed by atoms with van der Waals surface area (Å²) in [6.07, 6.45) is 4.55. The van der Waals surface area contributed by atoms with Gasteiger partial charge in [-0.1, -0.05) is 0 Å². The van der Waals surface area contributed by atoms with E-state index in [1.165, 1.54) is 0 Å². The van der Waals surface area contributed by atoms with E-state index in [9.17, 15) is 4.79 Å². The summed E-state index contributed by atoms with van der Waals surface area (Å²) in [5.74, 6) is -0.172. The van der Waals surface area contributed by atoms with Gasteiger partial charge >= 0.3 is 5.97 Å². The van der Waals surface area contributed by atoms with Crippen molar-refractivity contribution in [2.24, 2.45) is 5.92 Å². The molecule has 0 amide bonds. The van der Waals surface area contributed by atoms with E-state index in [1.54, 1.807) is 0 Å². The van der Waals surface area contributed by atoms with Crippen LogP contribution in [0.2, 0.25) is 0 Å². The van der Waals surface area contributed by atoms with Crippen molar-refractivity contribution < 1.29 is 9.90 Å². The Balaban J connectivity index is 2.05. The maximum absolute atomic E-state index is 11.1. The maximum atomic E-state index is 11.1. The summed E-state index contributed by atoms with van der Waals surface area (Å²) in [5.41, 5.74) is 0. The van der Waals surface area contributed by atoms with Gasteiger partial charge in [0.2, 0.25) is 0 Å². The summed E-state index contributed by atoms with van der Waals surface area (Å²) in [6, 6.07) is 0.291. The first-order valence-corrected chi connectivity index (χ1v) is 5.18. The topological polar surface area (TPSA) is 40.5 Å². The van der Waals surface area contributed by atoms with Gasteiger partial charge in [-0.15, -0.1) is 0 Å². The van der Waals surface area contributed by atoms with E-state index in [0.29, 0.717) is 12.0 Å². The van der Waals surface area contributed by atoms with Crippen LogP contribution in [-0.2, 0) is 4.79 Å². The van der Waals surface area contributed by atoms with Crippen LogP contribution in [0.15, 0.2) is 0 Å². The van der Waals surface area contributed by atoms with E-state index in [1.807, 2.05) is 0 Å². The zero-order valence-electron chi connectivity index (χ0n) is 8.07. The molecule has 2 fully saturated rings. The lowest BCUT2D eigenvalue weighted by Gasteiger charge is -2.28. The molecule has 2 atom stereocenters. The van der Waals surface area contributed by atoms with Gasteiger partial charge in [0.15, 0.2) is 0 Å². The van der Waals surface area contributed by atoms with Crippen LogP contribution in [0.3, 0.4) is 0 Å². The number of hydrogen-bond acceptors (Lipinski definition) is 2. The highest BCUT2D eigenvalue weighted by atomic mass is 16.4. The van der Waals surface area contributed by atoms with Crippen LogP contribution in [0.5, 0.6) is 0 Å². The summed E-state index contributed by atoms with van der Waals surface area (Å²) in [6.45, 7) is 3.12. The Hall–Kier alpha value is -0.570. The molecule has 2 aliphatic rings. The zero-order chi connectivity index (χ0) is 9.42. The molecule has 74 valence electrons. The van der Waals surface area contributed by atoms with Crippen LogP contribution in [0.4, 0.5) is 0 Å². The lowest BCUT2D eigenvalue weighted by Crippen LogP contribution is -2.44. The minimum Gasteiger partial charge on any atom is -0.480 e. The van der Waals surface area contributed by atoms with Gasteiger partial charge in [-0.2, -0.15) is 0 Å². The first kappa shape index (κ1) is 9.00. The normalized spacial score (nSPS) is 31.9. The van der Waals surface area contributed by atoms with Crippen molar-refractivity contribution in [3.05, 3.63) is 0 Å². The van der Waals surface area contributed by atoms with Gasteiger partial charge in [-0.25, -0.2) is 0 Å². The molecule has 0 spiro atoms. The molecule has 1 heterocycles. The molecule has 0 aromatic carbocycles. The average Bonchev–Trinajstić information content (AvgIpc) is 2.78. The summed E-state index contributed by atoms with van der Waals surface area (Å²) in [7, 11) is 0. The number of hydrogen-bond donors (Lipinski definition) is 1. The first-order valence-electron chi connectivity index (χ1n) is 5.18. The predicted molar refractivity (Wildman–Crippen MR) is 49.5 cm³/mol. The van der Waals surface area contributed by atoms with Crippen molar-refractivity contribution >= 4 is 5.97 Å². The van der Waals surface area contributed by atoms with Gasteiger partial charge in [-0.3, -0.25) is 9.69 Å². The number of likely N-dealkylation sites (tertiary alicyclic amines) is 1. The number of carboxylic acids is 1. The molecule has 13 heavy (non-hydrogen) atoms. The third-order valence-corrected chi connectivity index (χ3v) is 3.28. The molecule has 0 bridgehead atoms. The Labute approximate surface area is 78.7 Å². The number of rotatable bonds is 3. The van der Waals surface area contributed by atoms with E-state index in [0.717, 1.165) is 32.2 Å². The summed E-state index contributed by atoms with van der Waals surface area (Å²) < 4.78 is 0. The Kier molecular flexibility index (Phi) is 2.28. The standard InChI is InChI=1S/C10H17NO2/c1-7-3-2-6-11(7)9(10(12)13)8-4-5-8/h7-9H,2-6H2,1H3,(H,12,13). The second-order valence-electron chi connectivity index (χ2n) is 4.35. The fraction of sp³-hybridized carbons (Fsp3) is 0.900. The second kappa shape index (κ2) is 3.29. The average molecular weight is 183 g/mol. The van der Waals surface area contributed by atoms with Crippen LogP contribution >= 0.6 is 0 Å². The second-order valence-corrected chi connectivity index (χ2v) is 4.35. The van der Waals surface area contributed by atoms with Crippen molar-refractivity contribution in [1.82, 2.24) is 4.90 Å². The number of aliphatic carboxylic acids is 1. The van der Waals surface area contributed by atoms with Crippen LogP contribution in [-0.4, -0.2) is 34.6 Å². The molecule has 3 heteroatoms. The van der Waals surface area contributed by atoms with Crippen LogP contribution in [0, 0.1) is 5.92 Å². The quantitative estimate of drug-likeness (QED) is 0.717. The lowest BCUT2D eigenvalue weighted by atomic mass is 10.1. The number of carboxylic acid groups (broad SMARTS) is 1. The molecule has 1 aliphatic carbocycles. The molecule has 0 aromatic heterocycles. The molecule has 1 saturated carbocycles. The maximum Gasteiger partial charge on any atom is 0.321 e. The minimum atomic E-state index is -0.615. The predicted octanol–water partition coefficient (Wildman–Crippen LogP) is 1.33. The van der Waals surface area contributed by atoms with E-state index in [2.05, 4.69) is 11.8 Å². The minimum absolute atomic E-state index is 0.183. The molecule has 1 aliphatic heterocycles. The first-order chi connectivity index (χ1) is 6.20. The van der Waals surface area contributed by atoms with E-state index in [-0.39, 0.29) is 6.04 Å². The van der Waals surface area contributed by atoms with Gasteiger partial charge in [0.1, 0.15) is 6.04 Å². The monoisotopic (exact) mass is 183 g/mol. The van der Waals surface area contributed by atoms with Crippen LogP contribution < -0.4 is 0 Å². The van der Waals surface area contributed by atoms with E-state index >= 15 is 0 Å². The largest absolute Gasteiger partial charge is 0.480 e. The molecular weight excluding hydrogens is 166 g/mol. The summed E-state index contributed by atoms with van der Waals surface area (Å²) in [4.78, 5) is 13.3. The Morgan fingerprint density at radius 1 is 1.46 bits per heavy atom. The highest BCUT2D eigenvalue weighted by molar-refractivity contribution is 5.74. The van der Waals surface area contributed by atoms with E-state index < -0.39 is 5.97 Å². The highest BCUT2D eigenvalue weighted by Gasteiger charge is 2.42. The molecule has 2 rings (SSSR count). The van der Waals surface area contributed by atoms with Crippen LogP contribution in [0.1, 0.15) is 32.6 Å². The molecule has 1 saturated heterocycles. The van der Waals surface area contributed by atoms with Crippen LogP contribution in [0.25, 0.3) is 0 Å². The number of carbonyl (C=O) groups is 1. The zero-order valence-corrected chi connectivity index (χ0v) is 8.07. The highest BCUT2D eigenvalue weighted by Crippen LogP contribution is 2.38. The molecule has 0 radical (unpaired) electrons. The van der Waals surface area contributed by atoms with E-state index in [4.69, 9.17) is 5.11 Å². The smallest absolute Gasteiger partial charge is 0.321 e.